The van der Waals surface area contributed by atoms with Crippen LogP contribution in [0.5, 0.6) is 0 Å². The molecule has 0 saturated carbocycles. The van der Waals surface area contributed by atoms with E-state index in [0.29, 0.717) is 0 Å². The molecular formula is C19H28. The van der Waals surface area contributed by atoms with Crippen molar-refractivity contribution in [3.05, 3.63) is 58.7 Å². The van der Waals surface area contributed by atoms with E-state index in [9.17, 15) is 0 Å². The van der Waals surface area contributed by atoms with Gasteiger partial charge in [-0.1, -0.05) is 60.1 Å². The number of allylic oxidation sites excluding steroid dienone is 10. The number of rotatable bonds is 4. The van der Waals surface area contributed by atoms with E-state index in [-0.39, 0.29) is 0 Å². The van der Waals surface area contributed by atoms with Crippen LogP contribution < -0.4 is 0 Å². The molecule has 0 amide bonds. The fourth-order valence-electron chi connectivity index (χ4n) is 2.43. The highest BCUT2D eigenvalue weighted by molar-refractivity contribution is 5.34. The quantitative estimate of drug-likeness (QED) is 0.529. The molecule has 0 aliphatic heterocycles. The fourth-order valence-corrected chi connectivity index (χ4v) is 2.43. The highest BCUT2D eigenvalue weighted by Gasteiger charge is 2.14. The van der Waals surface area contributed by atoms with Crippen LogP contribution in [0.15, 0.2) is 58.7 Å². The van der Waals surface area contributed by atoms with E-state index in [1.54, 1.807) is 11.1 Å². The molecule has 0 radical (unpaired) electrons. The molecule has 0 fully saturated rings. The molecule has 1 aliphatic rings. The van der Waals surface area contributed by atoms with E-state index in [0.717, 1.165) is 5.92 Å². The molecule has 1 atom stereocenters. The lowest BCUT2D eigenvalue weighted by molar-refractivity contribution is 0.546. The van der Waals surface area contributed by atoms with E-state index < -0.39 is 0 Å². The van der Waals surface area contributed by atoms with Gasteiger partial charge in [0.25, 0.3) is 0 Å². The Morgan fingerprint density at radius 3 is 2.53 bits per heavy atom. The normalized spacial score (nSPS) is 22.9. The summed E-state index contributed by atoms with van der Waals surface area (Å²) in [4.78, 5) is 0. The van der Waals surface area contributed by atoms with E-state index in [1.807, 2.05) is 0 Å². The monoisotopic (exact) mass is 256 g/mol. The van der Waals surface area contributed by atoms with Crippen molar-refractivity contribution in [2.45, 2.75) is 53.9 Å². The van der Waals surface area contributed by atoms with Crippen LogP contribution in [0, 0.1) is 5.92 Å². The molecule has 0 aromatic heterocycles. The summed E-state index contributed by atoms with van der Waals surface area (Å²) in [6, 6.07) is 0. The Balaban J connectivity index is 2.70. The molecule has 1 unspecified atom stereocenters. The van der Waals surface area contributed by atoms with Crippen molar-refractivity contribution in [3.63, 3.8) is 0 Å². The number of hydrogen-bond acceptors (Lipinski definition) is 0. The minimum Gasteiger partial charge on any atom is -0.0847 e. The van der Waals surface area contributed by atoms with Crippen molar-refractivity contribution in [1.82, 2.24) is 0 Å². The summed E-state index contributed by atoms with van der Waals surface area (Å²) in [6.45, 7) is 11.0. The molecule has 104 valence electrons. The van der Waals surface area contributed by atoms with Crippen molar-refractivity contribution in [3.8, 4) is 0 Å². The van der Waals surface area contributed by atoms with E-state index >= 15 is 0 Å². The third kappa shape index (κ3) is 5.46. The maximum Gasteiger partial charge on any atom is -0.0191 e. The Labute approximate surface area is 119 Å². The van der Waals surface area contributed by atoms with Crippen LogP contribution in [0.25, 0.3) is 0 Å². The van der Waals surface area contributed by atoms with Crippen LogP contribution >= 0.6 is 0 Å². The largest absolute Gasteiger partial charge is 0.0847 e. The predicted molar refractivity (Wildman–Crippen MR) is 87.2 cm³/mol. The second kappa shape index (κ2) is 7.99. The van der Waals surface area contributed by atoms with E-state index in [4.69, 9.17) is 0 Å². The highest BCUT2D eigenvalue weighted by Crippen LogP contribution is 2.30. The van der Waals surface area contributed by atoms with Crippen LogP contribution in [-0.2, 0) is 0 Å². The molecule has 0 nitrogen and oxygen atoms in total. The minimum atomic E-state index is 0.721. The first-order valence-electron chi connectivity index (χ1n) is 7.40. The molecule has 0 heteroatoms. The summed E-state index contributed by atoms with van der Waals surface area (Å²) < 4.78 is 0. The van der Waals surface area contributed by atoms with Gasteiger partial charge in [-0.2, -0.15) is 0 Å². The molecular weight excluding hydrogens is 228 g/mol. The van der Waals surface area contributed by atoms with Gasteiger partial charge in [-0.25, -0.2) is 0 Å². The summed E-state index contributed by atoms with van der Waals surface area (Å²) >= 11 is 0. The molecule has 0 N–H and O–H groups in total. The lowest BCUT2D eigenvalue weighted by Crippen LogP contribution is -2.06. The van der Waals surface area contributed by atoms with Gasteiger partial charge in [0.2, 0.25) is 0 Å². The Bertz CT molecular complexity index is 439. The van der Waals surface area contributed by atoms with Crippen molar-refractivity contribution < 1.29 is 0 Å². The van der Waals surface area contributed by atoms with E-state index in [1.165, 1.54) is 30.4 Å². The van der Waals surface area contributed by atoms with Crippen LogP contribution in [0.1, 0.15) is 53.9 Å². The second-order valence-electron chi connectivity index (χ2n) is 5.66. The third-order valence-corrected chi connectivity index (χ3v) is 3.91. The Kier molecular flexibility index (Phi) is 6.62. The average Bonchev–Trinajstić information content (AvgIpc) is 2.38. The summed E-state index contributed by atoms with van der Waals surface area (Å²) in [5.74, 6) is 0.721. The molecule has 1 rings (SSSR count). The molecule has 0 saturated heterocycles. The van der Waals surface area contributed by atoms with E-state index in [2.05, 4.69) is 71.1 Å². The zero-order valence-electron chi connectivity index (χ0n) is 13.2. The van der Waals surface area contributed by atoms with Gasteiger partial charge in [0.15, 0.2) is 0 Å². The maximum atomic E-state index is 2.34. The molecule has 0 spiro atoms. The van der Waals surface area contributed by atoms with Gasteiger partial charge in [0.05, 0.1) is 0 Å². The summed E-state index contributed by atoms with van der Waals surface area (Å²) in [5, 5.41) is 0. The standard InChI is InChI=1S/C19H28/c1-6-15(2)9-7-10-16(3)13-14-19-17(4)11-8-12-18(19)5/h6-7,9-10,13-14,17H,8,11-12H2,1-5H3/b9-7+,14-13+,15-6+,16-10+. The van der Waals surface area contributed by atoms with Gasteiger partial charge in [-0.05, 0) is 58.4 Å². The summed E-state index contributed by atoms with van der Waals surface area (Å²) in [5.41, 5.74) is 5.72. The topological polar surface area (TPSA) is 0 Å². The highest BCUT2D eigenvalue weighted by atomic mass is 14.2. The average molecular weight is 256 g/mol. The van der Waals surface area contributed by atoms with Gasteiger partial charge < -0.3 is 0 Å². The van der Waals surface area contributed by atoms with Crippen LogP contribution in [-0.4, -0.2) is 0 Å². The first-order chi connectivity index (χ1) is 9.04. The Morgan fingerprint density at radius 1 is 1.16 bits per heavy atom. The van der Waals surface area contributed by atoms with Crippen molar-refractivity contribution in [2.75, 3.05) is 0 Å². The van der Waals surface area contributed by atoms with Crippen molar-refractivity contribution in [2.24, 2.45) is 5.92 Å². The molecule has 0 heterocycles. The lowest BCUT2D eigenvalue weighted by Gasteiger charge is -2.22. The molecule has 0 bridgehead atoms. The van der Waals surface area contributed by atoms with Gasteiger partial charge in [0.1, 0.15) is 0 Å². The van der Waals surface area contributed by atoms with Gasteiger partial charge in [0, 0.05) is 0 Å². The smallest absolute Gasteiger partial charge is 0.0191 e. The predicted octanol–water partition coefficient (Wildman–Crippen LogP) is 6.15. The van der Waals surface area contributed by atoms with Crippen LogP contribution in [0.4, 0.5) is 0 Å². The third-order valence-electron chi connectivity index (χ3n) is 3.91. The van der Waals surface area contributed by atoms with Crippen molar-refractivity contribution >= 4 is 0 Å². The summed E-state index contributed by atoms with van der Waals surface area (Å²) in [6.07, 6.45) is 17.1. The van der Waals surface area contributed by atoms with Gasteiger partial charge in [-0.3, -0.25) is 0 Å². The first-order valence-corrected chi connectivity index (χ1v) is 7.40. The molecule has 1 aliphatic carbocycles. The molecule has 19 heavy (non-hydrogen) atoms. The Morgan fingerprint density at radius 2 is 1.89 bits per heavy atom. The lowest BCUT2D eigenvalue weighted by atomic mass is 9.84. The SMILES string of the molecule is C/C=C(C)/C=C/C=C(C)/C=C/C1=C(C)CCCC1C. The van der Waals surface area contributed by atoms with Crippen LogP contribution in [0.2, 0.25) is 0 Å². The zero-order valence-corrected chi connectivity index (χ0v) is 13.2. The van der Waals surface area contributed by atoms with Crippen LogP contribution in [0.3, 0.4) is 0 Å². The van der Waals surface area contributed by atoms with Crippen molar-refractivity contribution in [1.29, 1.82) is 0 Å². The Hall–Kier alpha value is -1.30. The maximum absolute atomic E-state index is 2.34. The second-order valence-corrected chi connectivity index (χ2v) is 5.66. The summed E-state index contributed by atoms with van der Waals surface area (Å²) in [7, 11) is 0. The first kappa shape index (κ1) is 15.8. The number of hydrogen-bond donors (Lipinski definition) is 0. The van der Waals surface area contributed by atoms with Gasteiger partial charge >= 0.3 is 0 Å². The zero-order chi connectivity index (χ0) is 14.3. The minimum absolute atomic E-state index is 0.721. The fraction of sp³-hybridized carbons (Fsp3) is 0.474. The molecule has 0 aromatic rings. The van der Waals surface area contributed by atoms with Gasteiger partial charge in [-0.15, -0.1) is 0 Å². The molecule has 0 aromatic carbocycles.